The Morgan fingerprint density at radius 2 is 1.79 bits per heavy atom. The van der Waals surface area contributed by atoms with Gasteiger partial charge >= 0.3 is 5.69 Å². The van der Waals surface area contributed by atoms with Gasteiger partial charge < -0.3 is 15.4 Å². The number of nitrogens with one attached hydrogen (secondary N) is 1. The summed E-state index contributed by atoms with van der Waals surface area (Å²) in [6.45, 7) is 0.524. The molecule has 8 heteroatoms. The molecule has 0 atom stereocenters. The quantitative estimate of drug-likeness (QED) is 0.660. The Bertz CT molecular complexity index is 1140. The van der Waals surface area contributed by atoms with Crippen molar-refractivity contribution < 1.29 is 9.53 Å². The topological polar surface area (TPSA) is 110 Å². The van der Waals surface area contributed by atoms with E-state index in [0.29, 0.717) is 12.2 Å². The zero-order chi connectivity index (χ0) is 21.0. The molecule has 0 radical (unpaired) electrons. The van der Waals surface area contributed by atoms with Gasteiger partial charge in [-0.1, -0.05) is 42.5 Å². The van der Waals surface area contributed by atoms with E-state index in [1.165, 1.54) is 11.6 Å². The van der Waals surface area contributed by atoms with Gasteiger partial charge in [-0.25, -0.2) is 4.79 Å². The molecule has 0 spiro atoms. The van der Waals surface area contributed by atoms with Crippen molar-refractivity contribution in [1.29, 1.82) is 0 Å². The second-order valence-electron chi connectivity index (χ2n) is 6.56. The van der Waals surface area contributed by atoms with Crippen LogP contribution in [0.25, 0.3) is 0 Å². The first kappa shape index (κ1) is 20.1. The first-order valence-electron chi connectivity index (χ1n) is 8.94. The van der Waals surface area contributed by atoms with Gasteiger partial charge in [0.2, 0.25) is 0 Å². The SMILES string of the molecule is COCc1cccc(C(=O)N(C)c2c(N)n(Cc3ccccc3)c(=O)[nH]c2=O)c1. The lowest BCUT2D eigenvalue weighted by Gasteiger charge is -2.20. The van der Waals surface area contributed by atoms with Crippen LogP contribution in [0.2, 0.25) is 0 Å². The van der Waals surface area contributed by atoms with Crippen LogP contribution in [0.4, 0.5) is 11.5 Å². The summed E-state index contributed by atoms with van der Waals surface area (Å²) in [6.07, 6.45) is 0. The third kappa shape index (κ3) is 4.27. The van der Waals surface area contributed by atoms with E-state index in [4.69, 9.17) is 10.5 Å². The number of anilines is 2. The number of amides is 1. The summed E-state index contributed by atoms with van der Waals surface area (Å²) in [4.78, 5) is 41.1. The van der Waals surface area contributed by atoms with Crippen molar-refractivity contribution in [1.82, 2.24) is 9.55 Å². The van der Waals surface area contributed by atoms with E-state index in [-0.39, 0.29) is 18.1 Å². The van der Waals surface area contributed by atoms with E-state index in [9.17, 15) is 14.4 Å². The molecule has 2 aromatic carbocycles. The normalized spacial score (nSPS) is 10.7. The van der Waals surface area contributed by atoms with Crippen molar-refractivity contribution >= 4 is 17.4 Å². The molecule has 0 aliphatic heterocycles. The highest BCUT2D eigenvalue weighted by atomic mass is 16.5. The predicted octanol–water partition coefficient (Wildman–Crippen LogP) is 1.59. The van der Waals surface area contributed by atoms with Gasteiger partial charge in [-0.05, 0) is 23.3 Å². The van der Waals surface area contributed by atoms with Crippen LogP contribution in [0.5, 0.6) is 0 Å². The van der Waals surface area contributed by atoms with Crippen molar-refractivity contribution in [2.24, 2.45) is 0 Å². The van der Waals surface area contributed by atoms with Gasteiger partial charge in [0.05, 0.1) is 13.2 Å². The Morgan fingerprint density at radius 1 is 1.10 bits per heavy atom. The number of aromatic nitrogens is 2. The minimum Gasteiger partial charge on any atom is -0.383 e. The lowest BCUT2D eigenvalue weighted by Crippen LogP contribution is -2.39. The lowest BCUT2D eigenvalue weighted by atomic mass is 10.1. The fourth-order valence-electron chi connectivity index (χ4n) is 3.08. The van der Waals surface area contributed by atoms with Gasteiger partial charge in [0.25, 0.3) is 11.5 Å². The Labute approximate surface area is 167 Å². The smallest absolute Gasteiger partial charge is 0.330 e. The van der Waals surface area contributed by atoms with Crippen LogP contribution in [-0.4, -0.2) is 29.6 Å². The summed E-state index contributed by atoms with van der Waals surface area (Å²) < 4.78 is 6.33. The molecule has 1 aromatic heterocycles. The molecule has 0 unspecified atom stereocenters. The lowest BCUT2D eigenvalue weighted by molar-refractivity contribution is 0.0992. The van der Waals surface area contributed by atoms with Gasteiger partial charge in [0.1, 0.15) is 5.82 Å². The van der Waals surface area contributed by atoms with Crippen molar-refractivity contribution in [2.75, 3.05) is 24.8 Å². The maximum absolute atomic E-state index is 12.9. The number of rotatable bonds is 6. The maximum Gasteiger partial charge on any atom is 0.330 e. The van der Waals surface area contributed by atoms with Crippen LogP contribution in [0, 0.1) is 0 Å². The zero-order valence-corrected chi connectivity index (χ0v) is 16.2. The van der Waals surface area contributed by atoms with Gasteiger partial charge in [-0.15, -0.1) is 0 Å². The number of aromatic amines is 1. The molecule has 29 heavy (non-hydrogen) atoms. The molecule has 0 bridgehead atoms. The first-order chi connectivity index (χ1) is 13.9. The fourth-order valence-corrected chi connectivity index (χ4v) is 3.08. The molecular formula is C21H22N4O4. The summed E-state index contributed by atoms with van der Waals surface area (Å²) in [5, 5.41) is 0. The number of ether oxygens (including phenoxy) is 1. The van der Waals surface area contributed by atoms with E-state index in [0.717, 1.165) is 16.0 Å². The Hall–Kier alpha value is -3.65. The highest BCUT2D eigenvalue weighted by molar-refractivity contribution is 6.06. The second kappa shape index (κ2) is 8.57. The number of carbonyl (C=O) groups excluding carboxylic acids is 1. The van der Waals surface area contributed by atoms with Crippen molar-refractivity contribution in [3.8, 4) is 0 Å². The van der Waals surface area contributed by atoms with Crippen LogP contribution in [0.1, 0.15) is 21.5 Å². The third-order valence-electron chi connectivity index (χ3n) is 4.52. The fraction of sp³-hybridized carbons (Fsp3) is 0.190. The minimum absolute atomic E-state index is 0.0773. The Morgan fingerprint density at radius 3 is 2.48 bits per heavy atom. The molecule has 0 saturated heterocycles. The van der Waals surface area contributed by atoms with Crippen LogP contribution >= 0.6 is 0 Å². The average molecular weight is 394 g/mol. The number of nitrogens with zero attached hydrogens (tertiary/aromatic N) is 2. The molecule has 8 nitrogen and oxygen atoms in total. The summed E-state index contributed by atoms with van der Waals surface area (Å²) >= 11 is 0. The number of nitrogens with two attached hydrogens (primary N) is 1. The maximum atomic E-state index is 12.9. The molecular weight excluding hydrogens is 372 g/mol. The monoisotopic (exact) mass is 394 g/mol. The van der Waals surface area contributed by atoms with Gasteiger partial charge in [0.15, 0.2) is 5.69 Å². The molecule has 1 heterocycles. The summed E-state index contributed by atoms with van der Waals surface area (Å²) in [5.74, 6) is -0.503. The van der Waals surface area contributed by atoms with Crippen LogP contribution in [0.15, 0.2) is 64.2 Å². The zero-order valence-electron chi connectivity index (χ0n) is 16.2. The summed E-state index contributed by atoms with van der Waals surface area (Å²) in [6, 6.07) is 16.1. The van der Waals surface area contributed by atoms with Crippen LogP contribution in [0.3, 0.4) is 0 Å². The van der Waals surface area contributed by atoms with Crippen molar-refractivity contribution in [3.05, 3.63) is 92.1 Å². The molecule has 0 fully saturated rings. The van der Waals surface area contributed by atoms with Gasteiger partial charge in [-0.2, -0.15) is 0 Å². The first-order valence-corrected chi connectivity index (χ1v) is 8.94. The number of benzene rings is 2. The average Bonchev–Trinajstić information content (AvgIpc) is 2.71. The molecule has 3 rings (SSSR count). The number of nitrogen functional groups attached to an aromatic ring is 1. The summed E-state index contributed by atoms with van der Waals surface area (Å²) in [7, 11) is 3.01. The second-order valence-corrected chi connectivity index (χ2v) is 6.56. The number of hydrogen-bond acceptors (Lipinski definition) is 5. The molecule has 0 saturated carbocycles. The largest absolute Gasteiger partial charge is 0.383 e. The molecule has 0 aliphatic rings. The van der Waals surface area contributed by atoms with Crippen LogP contribution < -0.4 is 21.9 Å². The van der Waals surface area contributed by atoms with Crippen molar-refractivity contribution in [3.63, 3.8) is 0 Å². The molecule has 1 amide bonds. The molecule has 3 aromatic rings. The predicted molar refractivity (Wildman–Crippen MR) is 111 cm³/mol. The van der Waals surface area contributed by atoms with E-state index in [2.05, 4.69) is 4.98 Å². The highest BCUT2D eigenvalue weighted by Gasteiger charge is 2.22. The van der Waals surface area contributed by atoms with Gasteiger partial charge in [0, 0.05) is 19.7 Å². The highest BCUT2D eigenvalue weighted by Crippen LogP contribution is 2.19. The van der Waals surface area contributed by atoms with Gasteiger partial charge in [-0.3, -0.25) is 19.1 Å². The Balaban J connectivity index is 2.00. The number of carbonyl (C=O) groups is 1. The summed E-state index contributed by atoms with van der Waals surface area (Å²) in [5.41, 5.74) is 6.75. The minimum atomic E-state index is -0.722. The van der Waals surface area contributed by atoms with E-state index in [1.807, 2.05) is 36.4 Å². The van der Waals surface area contributed by atoms with E-state index in [1.54, 1.807) is 25.3 Å². The number of hydrogen-bond donors (Lipinski definition) is 2. The number of H-pyrrole nitrogens is 1. The number of methoxy groups -OCH3 is 1. The van der Waals surface area contributed by atoms with E-state index >= 15 is 0 Å². The third-order valence-corrected chi connectivity index (χ3v) is 4.52. The van der Waals surface area contributed by atoms with Crippen LogP contribution in [-0.2, 0) is 17.9 Å². The molecule has 0 aliphatic carbocycles. The molecule has 3 N–H and O–H groups in total. The Kier molecular flexibility index (Phi) is 5.94. The van der Waals surface area contributed by atoms with E-state index < -0.39 is 17.2 Å². The van der Waals surface area contributed by atoms with Crippen molar-refractivity contribution in [2.45, 2.75) is 13.2 Å². The molecule has 150 valence electrons. The standard InChI is InChI=1S/C21H22N4O4/c1-24(20(27)16-10-6-9-15(11-16)13-29-2)17-18(22)25(21(28)23-19(17)26)12-14-7-4-3-5-8-14/h3-11H,12-13,22H2,1-2H3,(H,23,26,28).